The van der Waals surface area contributed by atoms with E-state index < -0.39 is 0 Å². The van der Waals surface area contributed by atoms with E-state index in [2.05, 4.69) is 12.2 Å². The van der Waals surface area contributed by atoms with Crippen LogP contribution in [0.15, 0.2) is 35.3 Å². The van der Waals surface area contributed by atoms with Crippen molar-refractivity contribution < 1.29 is 9.53 Å². The van der Waals surface area contributed by atoms with Crippen LogP contribution < -0.4 is 15.6 Å². The molecule has 124 valence electrons. The fourth-order valence-electron chi connectivity index (χ4n) is 2.35. The normalized spacial score (nSPS) is 11.0. The zero-order chi connectivity index (χ0) is 16.8. The van der Waals surface area contributed by atoms with E-state index in [0.717, 1.165) is 24.0 Å². The summed E-state index contributed by atoms with van der Waals surface area (Å²) in [6.45, 7) is 6.67. The third-order valence-corrected chi connectivity index (χ3v) is 3.49. The second-order valence-corrected chi connectivity index (χ2v) is 5.87. The molecule has 1 amide bonds. The fraction of sp³-hybridized carbons (Fsp3) is 0.444. The number of aromatic nitrogens is 1. The van der Waals surface area contributed by atoms with Crippen LogP contribution in [0.4, 0.5) is 0 Å². The molecule has 0 fully saturated rings. The summed E-state index contributed by atoms with van der Waals surface area (Å²) in [5, 5.41) is 4.22. The van der Waals surface area contributed by atoms with Crippen molar-refractivity contribution in [2.24, 2.45) is 0 Å². The number of nitrogens with zero attached hydrogens (tertiary/aromatic N) is 1. The molecule has 2 aromatic rings. The Balaban J connectivity index is 2.18. The van der Waals surface area contributed by atoms with E-state index in [1.807, 2.05) is 26.0 Å². The van der Waals surface area contributed by atoms with E-state index in [1.54, 1.807) is 18.3 Å². The predicted molar refractivity (Wildman–Crippen MR) is 91.9 cm³/mol. The Bertz CT molecular complexity index is 735. The Morgan fingerprint density at radius 3 is 2.78 bits per heavy atom. The molecule has 5 heteroatoms. The zero-order valence-electron chi connectivity index (χ0n) is 14.0. The molecule has 1 heterocycles. The second-order valence-electron chi connectivity index (χ2n) is 5.87. The van der Waals surface area contributed by atoms with Crippen LogP contribution in [0.2, 0.25) is 0 Å². The monoisotopic (exact) mass is 316 g/mol. The average molecular weight is 316 g/mol. The molecule has 0 aliphatic heterocycles. The van der Waals surface area contributed by atoms with Crippen molar-refractivity contribution in [3.05, 3.63) is 40.8 Å². The third-order valence-electron chi connectivity index (χ3n) is 3.49. The molecule has 5 nitrogen and oxygen atoms in total. The largest absolute Gasteiger partial charge is 0.491 e. The Hall–Kier alpha value is -2.30. The lowest BCUT2D eigenvalue weighted by Gasteiger charge is -2.11. The van der Waals surface area contributed by atoms with Crippen molar-refractivity contribution in [1.82, 2.24) is 9.88 Å². The highest BCUT2D eigenvalue weighted by molar-refractivity contribution is 5.83. The average Bonchev–Trinajstić information content (AvgIpc) is 2.50. The van der Waals surface area contributed by atoms with Gasteiger partial charge in [0, 0.05) is 18.1 Å². The number of carbonyl (C=O) groups excluding carboxylic acids is 1. The molecular formula is C18H24N2O3. The highest BCUT2D eigenvalue weighted by Crippen LogP contribution is 2.19. The van der Waals surface area contributed by atoms with Gasteiger partial charge in [-0.05, 0) is 49.9 Å². The van der Waals surface area contributed by atoms with Gasteiger partial charge >= 0.3 is 0 Å². The Labute approximate surface area is 136 Å². The first kappa shape index (κ1) is 17.1. The zero-order valence-corrected chi connectivity index (χ0v) is 14.0. The molecule has 0 spiro atoms. The molecular weight excluding hydrogens is 292 g/mol. The molecule has 0 bridgehead atoms. The minimum absolute atomic E-state index is 0.0444. The Morgan fingerprint density at radius 2 is 2.09 bits per heavy atom. The summed E-state index contributed by atoms with van der Waals surface area (Å²) in [6, 6.07) is 7.22. The van der Waals surface area contributed by atoms with Gasteiger partial charge in [-0.2, -0.15) is 0 Å². The van der Waals surface area contributed by atoms with E-state index in [1.165, 1.54) is 4.57 Å². The molecule has 0 radical (unpaired) electrons. The lowest BCUT2D eigenvalue weighted by molar-refractivity contribution is -0.121. The molecule has 0 aliphatic rings. The van der Waals surface area contributed by atoms with E-state index in [-0.39, 0.29) is 24.1 Å². The molecule has 0 saturated carbocycles. The standard InChI is InChI=1S/C18H24N2O3/c1-4-5-9-19-17(21)12-20-10-8-14-11-15(23-13(2)3)6-7-16(14)18(20)22/h6-8,10-11,13H,4-5,9,12H2,1-3H3,(H,19,21). The number of benzene rings is 1. The molecule has 0 saturated heterocycles. The predicted octanol–water partition coefficient (Wildman–Crippen LogP) is 2.71. The lowest BCUT2D eigenvalue weighted by atomic mass is 10.1. The SMILES string of the molecule is CCCCNC(=O)Cn1ccc2cc(OC(C)C)ccc2c1=O. The maximum absolute atomic E-state index is 12.5. The van der Waals surface area contributed by atoms with Crippen molar-refractivity contribution in [2.75, 3.05) is 6.54 Å². The smallest absolute Gasteiger partial charge is 0.258 e. The van der Waals surface area contributed by atoms with Crippen molar-refractivity contribution in [2.45, 2.75) is 46.3 Å². The molecule has 0 aliphatic carbocycles. The number of unbranched alkanes of at least 4 members (excludes halogenated alkanes) is 1. The third kappa shape index (κ3) is 4.58. The van der Waals surface area contributed by atoms with Crippen LogP contribution in [0, 0.1) is 0 Å². The summed E-state index contributed by atoms with van der Waals surface area (Å²) in [6.07, 6.45) is 3.71. The van der Waals surface area contributed by atoms with Crippen LogP contribution in [0.1, 0.15) is 33.6 Å². The summed E-state index contributed by atoms with van der Waals surface area (Å²) in [5.41, 5.74) is -0.163. The first-order chi connectivity index (χ1) is 11.0. The van der Waals surface area contributed by atoms with Gasteiger partial charge in [0.1, 0.15) is 12.3 Å². The molecule has 23 heavy (non-hydrogen) atoms. The molecule has 1 aromatic carbocycles. The van der Waals surface area contributed by atoms with Crippen LogP contribution in [0.5, 0.6) is 5.75 Å². The minimum atomic E-state index is -0.163. The fourth-order valence-corrected chi connectivity index (χ4v) is 2.35. The number of pyridine rings is 1. The number of nitrogens with one attached hydrogen (secondary N) is 1. The summed E-state index contributed by atoms with van der Waals surface area (Å²) in [7, 11) is 0. The topological polar surface area (TPSA) is 60.3 Å². The van der Waals surface area contributed by atoms with Gasteiger partial charge in [-0.15, -0.1) is 0 Å². The summed E-state index contributed by atoms with van der Waals surface area (Å²) in [5.74, 6) is 0.599. The van der Waals surface area contributed by atoms with Crippen LogP contribution >= 0.6 is 0 Å². The van der Waals surface area contributed by atoms with E-state index in [9.17, 15) is 9.59 Å². The van der Waals surface area contributed by atoms with Crippen molar-refractivity contribution in [3.8, 4) is 5.75 Å². The molecule has 0 atom stereocenters. The number of amides is 1. The van der Waals surface area contributed by atoms with Crippen molar-refractivity contribution >= 4 is 16.7 Å². The number of fused-ring (bicyclic) bond motifs is 1. The quantitative estimate of drug-likeness (QED) is 0.799. The second kappa shape index (κ2) is 7.81. The van der Waals surface area contributed by atoms with Gasteiger partial charge in [-0.25, -0.2) is 0 Å². The highest BCUT2D eigenvalue weighted by atomic mass is 16.5. The van der Waals surface area contributed by atoms with Gasteiger partial charge < -0.3 is 14.6 Å². The highest BCUT2D eigenvalue weighted by Gasteiger charge is 2.08. The molecule has 2 rings (SSSR count). The van der Waals surface area contributed by atoms with Crippen LogP contribution in [-0.4, -0.2) is 23.1 Å². The number of hydrogen-bond acceptors (Lipinski definition) is 3. The number of ether oxygens (including phenoxy) is 1. The minimum Gasteiger partial charge on any atom is -0.491 e. The summed E-state index contributed by atoms with van der Waals surface area (Å²) in [4.78, 5) is 24.3. The van der Waals surface area contributed by atoms with Crippen LogP contribution in [-0.2, 0) is 11.3 Å². The van der Waals surface area contributed by atoms with Crippen LogP contribution in [0.25, 0.3) is 10.8 Å². The summed E-state index contributed by atoms with van der Waals surface area (Å²) < 4.78 is 7.08. The number of hydrogen-bond donors (Lipinski definition) is 1. The van der Waals surface area contributed by atoms with Crippen molar-refractivity contribution in [1.29, 1.82) is 0 Å². The maximum Gasteiger partial charge on any atom is 0.258 e. The molecule has 1 N–H and O–H groups in total. The maximum atomic E-state index is 12.5. The van der Waals surface area contributed by atoms with Crippen LogP contribution in [0.3, 0.4) is 0 Å². The van der Waals surface area contributed by atoms with Gasteiger partial charge in [-0.1, -0.05) is 13.3 Å². The van der Waals surface area contributed by atoms with Gasteiger partial charge in [0.25, 0.3) is 5.56 Å². The molecule has 1 aromatic heterocycles. The number of rotatable bonds is 7. The van der Waals surface area contributed by atoms with E-state index in [4.69, 9.17) is 4.74 Å². The van der Waals surface area contributed by atoms with Gasteiger partial charge in [0.05, 0.1) is 6.10 Å². The van der Waals surface area contributed by atoms with Gasteiger partial charge in [0.15, 0.2) is 0 Å². The van der Waals surface area contributed by atoms with E-state index in [0.29, 0.717) is 11.9 Å². The van der Waals surface area contributed by atoms with E-state index >= 15 is 0 Å². The lowest BCUT2D eigenvalue weighted by Crippen LogP contribution is -2.32. The Kier molecular flexibility index (Phi) is 5.79. The molecule has 0 unspecified atom stereocenters. The van der Waals surface area contributed by atoms with Gasteiger partial charge in [-0.3, -0.25) is 9.59 Å². The van der Waals surface area contributed by atoms with Gasteiger partial charge in [0.2, 0.25) is 5.91 Å². The first-order valence-electron chi connectivity index (χ1n) is 8.08. The summed E-state index contributed by atoms with van der Waals surface area (Å²) >= 11 is 0. The Morgan fingerprint density at radius 1 is 1.30 bits per heavy atom. The first-order valence-corrected chi connectivity index (χ1v) is 8.08. The number of carbonyl (C=O) groups is 1. The van der Waals surface area contributed by atoms with Crippen molar-refractivity contribution in [3.63, 3.8) is 0 Å².